The van der Waals surface area contributed by atoms with Gasteiger partial charge < -0.3 is 10.1 Å². The molecule has 0 bridgehead atoms. The van der Waals surface area contributed by atoms with Crippen molar-refractivity contribution in [1.82, 2.24) is 5.32 Å². The number of benzene rings is 1. The number of ether oxygens (including phenoxy) is 1. The number of esters is 1. The Morgan fingerprint density at radius 2 is 1.92 bits per heavy atom. The van der Waals surface area contributed by atoms with Gasteiger partial charge in [-0.05, 0) is 36.8 Å². The Morgan fingerprint density at radius 1 is 1.21 bits per heavy atom. The second-order valence-electron chi connectivity index (χ2n) is 6.79. The van der Waals surface area contributed by atoms with E-state index in [0.29, 0.717) is 11.8 Å². The molecule has 1 aromatic rings. The Kier molecular flexibility index (Phi) is 6.59. The zero-order valence-electron chi connectivity index (χ0n) is 14.7. The molecule has 1 fully saturated rings. The van der Waals surface area contributed by atoms with Crippen molar-refractivity contribution in [2.45, 2.75) is 46.1 Å². The second-order valence-corrected chi connectivity index (χ2v) is 6.79. The summed E-state index contributed by atoms with van der Waals surface area (Å²) in [6.07, 6.45) is 6.38. The molecule has 3 atom stereocenters. The summed E-state index contributed by atoms with van der Waals surface area (Å²) in [6, 6.07) is 7.99. The van der Waals surface area contributed by atoms with E-state index < -0.39 is 5.97 Å². The standard InChI is InChI=1S/C20H27NO3/c1-14-7-9-17(10-8-14)11-12-20(23)24-13-19(22)21-18-6-4-5-15(2)16(18)3/h7-12,15-16,18H,4-6,13H2,1-3H3,(H,21,22)/b12-11+/t15-,16+,18+/m1/s1. The SMILES string of the molecule is Cc1ccc(/C=C/C(=O)OCC(=O)N[C@H]2CCC[C@@H](C)[C@@H]2C)cc1. The Morgan fingerprint density at radius 3 is 2.62 bits per heavy atom. The molecule has 0 unspecified atom stereocenters. The Labute approximate surface area is 144 Å². The molecule has 0 spiro atoms. The number of aryl methyl sites for hydroxylation is 1. The predicted octanol–water partition coefficient (Wildman–Crippen LogP) is 3.49. The first-order valence-corrected chi connectivity index (χ1v) is 8.66. The van der Waals surface area contributed by atoms with Gasteiger partial charge in [0.1, 0.15) is 0 Å². The normalized spacial score (nSPS) is 23.9. The number of carbonyl (C=O) groups excluding carboxylic acids is 2. The molecule has 4 nitrogen and oxygen atoms in total. The highest BCUT2D eigenvalue weighted by Gasteiger charge is 2.28. The van der Waals surface area contributed by atoms with E-state index in [1.54, 1.807) is 6.08 Å². The molecule has 24 heavy (non-hydrogen) atoms. The van der Waals surface area contributed by atoms with Crippen LogP contribution in [0.5, 0.6) is 0 Å². The third kappa shape index (κ3) is 5.52. The van der Waals surface area contributed by atoms with E-state index in [-0.39, 0.29) is 18.6 Å². The summed E-state index contributed by atoms with van der Waals surface area (Å²) in [5, 5.41) is 2.99. The van der Waals surface area contributed by atoms with Crippen molar-refractivity contribution >= 4 is 18.0 Å². The van der Waals surface area contributed by atoms with Crippen LogP contribution in [0.2, 0.25) is 0 Å². The smallest absolute Gasteiger partial charge is 0.331 e. The molecular weight excluding hydrogens is 302 g/mol. The highest BCUT2D eigenvalue weighted by Crippen LogP contribution is 2.29. The molecule has 1 aliphatic carbocycles. The predicted molar refractivity (Wildman–Crippen MR) is 95.3 cm³/mol. The molecule has 1 aliphatic rings. The van der Waals surface area contributed by atoms with Gasteiger partial charge in [0.2, 0.25) is 0 Å². The maximum atomic E-state index is 12.0. The number of amides is 1. The van der Waals surface area contributed by atoms with Gasteiger partial charge in [0.25, 0.3) is 5.91 Å². The maximum Gasteiger partial charge on any atom is 0.331 e. The van der Waals surface area contributed by atoms with Crippen LogP contribution in [-0.2, 0) is 14.3 Å². The summed E-state index contributed by atoms with van der Waals surface area (Å²) in [5.74, 6) is 0.345. The van der Waals surface area contributed by atoms with Gasteiger partial charge >= 0.3 is 5.97 Å². The van der Waals surface area contributed by atoms with Crippen LogP contribution in [0, 0.1) is 18.8 Å². The second kappa shape index (κ2) is 8.67. The van der Waals surface area contributed by atoms with Crippen molar-refractivity contribution in [2.75, 3.05) is 6.61 Å². The van der Waals surface area contributed by atoms with Crippen molar-refractivity contribution in [1.29, 1.82) is 0 Å². The van der Waals surface area contributed by atoms with Crippen LogP contribution in [0.25, 0.3) is 6.08 Å². The fourth-order valence-electron chi connectivity index (χ4n) is 3.06. The summed E-state index contributed by atoms with van der Waals surface area (Å²) in [7, 11) is 0. The van der Waals surface area contributed by atoms with Crippen molar-refractivity contribution in [3.8, 4) is 0 Å². The first-order chi connectivity index (χ1) is 11.5. The lowest BCUT2D eigenvalue weighted by Crippen LogP contribution is -2.45. The zero-order chi connectivity index (χ0) is 17.5. The minimum Gasteiger partial charge on any atom is -0.452 e. The lowest BCUT2D eigenvalue weighted by Gasteiger charge is -2.34. The lowest BCUT2D eigenvalue weighted by atomic mass is 9.78. The molecule has 0 radical (unpaired) electrons. The molecule has 130 valence electrons. The molecule has 0 aromatic heterocycles. The zero-order valence-corrected chi connectivity index (χ0v) is 14.7. The minimum atomic E-state index is -0.504. The molecule has 4 heteroatoms. The first-order valence-electron chi connectivity index (χ1n) is 8.66. The molecule has 1 N–H and O–H groups in total. The van der Waals surface area contributed by atoms with Gasteiger partial charge in [-0.2, -0.15) is 0 Å². The van der Waals surface area contributed by atoms with E-state index in [1.165, 1.54) is 12.5 Å². The third-order valence-corrected chi connectivity index (χ3v) is 4.89. The minimum absolute atomic E-state index is 0.183. The summed E-state index contributed by atoms with van der Waals surface area (Å²) in [6.45, 7) is 6.17. The van der Waals surface area contributed by atoms with Crippen LogP contribution in [0.15, 0.2) is 30.3 Å². The van der Waals surface area contributed by atoms with Crippen molar-refractivity contribution in [3.63, 3.8) is 0 Å². The molecular formula is C20H27NO3. The average molecular weight is 329 g/mol. The maximum absolute atomic E-state index is 12.0. The van der Waals surface area contributed by atoms with Crippen LogP contribution in [-0.4, -0.2) is 24.5 Å². The number of nitrogens with one attached hydrogen (secondary N) is 1. The largest absolute Gasteiger partial charge is 0.452 e. The monoisotopic (exact) mass is 329 g/mol. The van der Waals surface area contributed by atoms with Gasteiger partial charge in [-0.1, -0.05) is 56.5 Å². The van der Waals surface area contributed by atoms with Gasteiger partial charge in [0, 0.05) is 12.1 Å². The van der Waals surface area contributed by atoms with Gasteiger partial charge in [0.05, 0.1) is 0 Å². The summed E-state index contributed by atoms with van der Waals surface area (Å²) in [4.78, 5) is 23.7. The number of rotatable bonds is 5. The quantitative estimate of drug-likeness (QED) is 0.664. The summed E-state index contributed by atoms with van der Waals surface area (Å²) < 4.78 is 5.02. The fraction of sp³-hybridized carbons (Fsp3) is 0.500. The van der Waals surface area contributed by atoms with Crippen LogP contribution in [0.4, 0.5) is 0 Å². The van der Waals surface area contributed by atoms with Crippen LogP contribution >= 0.6 is 0 Å². The Balaban J connectivity index is 1.74. The van der Waals surface area contributed by atoms with E-state index in [4.69, 9.17) is 4.74 Å². The van der Waals surface area contributed by atoms with Crippen LogP contribution in [0.3, 0.4) is 0 Å². The fourth-order valence-corrected chi connectivity index (χ4v) is 3.06. The number of hydrogen-bond donors (Lipinski definition) is 1. The molecule has 1 saturated carbocycles. The van der Waals surface area contributed by atoms with E-state index in [9.17, 15) is 9.59 Å². The topological polar surface area (TPSA) is 55.4 Å². The van der Waals surface area contributed by atoms with Crippen molar-refractivity contribution in [3.05, 3.63) is 41.5 Å². The van der Waals surface area contributed by atoms with Crippen LogP contribution in [0.1, 0.15) is 44.2 Å². The number of hydrogen-bond acceptors (Lipinski definition) is 3. The first kappa shape index (κ1) is 18.2. The molecule has 0 aliphatic heterocycles. The van der Waals surface area contributed by atoms with E-state index in [2.05, 4.69) is 19.2 Å². The van der Waals surface area contributed by atoms with E-state index in [1.807, 2.05) is 31.2 Å². The van der Waals surface area contributed by atoms with Crippen molar-refractivity contribution in [2.24, 2.45) is 11.8 Å². The van der Waals surface area contributed by atoms with Crippen LogP contribution < -0.4 is 5.32 Å². The lowest BCUT2D eigenvalue weighted by molar-refractivity contribution is -0.144. The highest BCUT2D eigenvalue weighted by atomic mass is 16.5. The summed E-state index contributed by atoms with van der Waals surface area (Å²) in [5.41, 5.74) is 2.09. The van der Waals surface area contributed by atoms with Gasteiger partial charge in [-0.15, -0.1) is 0 Å². The highest BCUT2D eigenvalue weighted by molar-refractivity contribution is 5.89. The number of carbonyl (C=O) groups is 2. The molecule has 2 rings (SSSR count). The van der Waals surface area contributed by atoms with E-state index in [0.717, 1.165) is 24.0 Å². The van der Waals surface area contributed by atoms with Gasteiger partial charge in [0.15, 0.2) is 6.61 Å². The Bertz CT molecular complexity index is 591. The van der Waals surface area contributed by atoms with Gasteiger partial charge in [-0.3, -0.25) is 4.79 Å². The Hall–Kier alpha value is -2.10. The molecule has 0 heterocycles. The van der Waals surface area contributed by atoms with E-state index >= 15 is 0 Å². The molecule has 0 saturated heterocycles. The van der Waals surface area contributed by atoms with Crippen molar-refractivity contribution < 1.29 is 14.3 Å². The third-order valence-electron chi connectivity index (χ3n) is 4.89. The molecule has 1 amide bonds. The summed E-state index contributed by atoms with van der Waals surface area (Å²) >= 11 is 0. The molecule has 1 aromatic carbocycles. The van der Waals surface area contributed by atoms with Gasteiger partial charge in [-0.25, -0.2) is 4.79 Å². The average Bonchev–Trinajstić information content (AvgIpc) is 2.56.